The molecule has 9 nitrogen and oxygen atoms in total. The van der Waals surface area contributed by atoms with Gasteiger partial charge in [-0.1, -0.05) is 24.4 Å². The number of aromatic amines is 1. The SMILES string of the molecule is COc1cc(Cl)c2[nH]c(C(=O)N[C@@H](CC3CC3)C(=O)N[C@H](C#N)CC3CCNC3=O)cc2c1. The Morgan fingerprint density at radius 3 is 2.67 bits per heavy atom. The van der Waals surface area contributed by atoms with Crippen LogP contribution in [0.1, 0.15) is 42.6 Å². The van der Waals surface area contributed by atoms with Crippen molar-refractivity contribution >= 4 is 40.2 Å². The van der Waals surface area contributed by atoms with Gasteiger partial charge in [0.2, 0.25) is 11.8 Å². The molecule has 1 aromatic heterocycles. The van der Waals surface area contributed by atoms with E-state index >= 15 is 0 Å². The standard InChI is InChI=1S/C23H26ClN5O4/c1-33-16-8-14-9-19(28-20(14)17(24)10-16)23(32)29-18(6-12-2-3-12)22(31)27-15(11-25)7-13-4-5-26-21(13)30/h8-10,12-13,15,18,28H,2-7H2,1H3,(H,26,30)(H,27,31)(H,29,32)/t13?,15-,18-/m0/s1. The number of carbonyl (C=O) groups is 3. The lowest BCUT2D eigenvalue weighted by Gasteiger charge is -2.21. The van der Waals surface area contributed by atoms with Crippen LogP contribution in [0.25, 0.3) is 10.9 Å². The van der Waals surface area contributed by atoms with Gasteiger partial charge in [-0.05, 0) is 37.3 Å². The monoisotopic (exact) mass is 471 g/mol. The molecule has 3 atom stereocenters. The molecule has 10 heteroatoms. The Kier molecular flexibility index (Phi) is 6.75. The summed E-state index contributed by atoms with van der Waals surface area (Å²) in [6.07, 6.45) is 3.40. The van der Waals surface area contributed by atoms with Crippen LogP contribution >= 0.6 is 11.6 Å². The van der Waals surface area contributed by atoms with E-state index in [1.807, 2.05) is 0 Å². The van der Waals surface area contributed by atoms with Crippen molar-refractivity contribution in [2.45, 2.75) is 44.2 Å². The molecule has 0 radical (unpaired) electrons. The number of nitrogens with zero attached hydrogens (tertiary/aromatic N) is 1. The van der Waals surface area contributed by atoms with Gasteiger partial charge in [0.1, 0.15) is 23.5 Å². The van der Waals surface area contributed by atoms with Gasteiger partial charge in [-0.15, -0.1) is 0 Å². The van der Waals surface area contributed by atoms with E-state index in [1.54, 1.807) is 18.2 Å². The second-order valence-electron chi connectivity index (χ2n) is 8.66. The Morgan fingerprint density at radius 1 is 1.24 bits per heavy atom. The van der Waals surface area contributed by atoms with Crippen LogP contribution in [0.15, 0.2) is 18.2 Å². The molecule has 1 saturated heterocycles. The minimum absolute atomic E-state index is 0.0959. The van der Waals surface area contributed by atoms with Crippen molar-refractivity contribution in [1.82, 2.24) is 20.9 Å². The molecule has 2 heterocycles. The van der Waals surface area contributed by atoms with Gasteiger partial charge in [0.15, 0.2) is 0 Å². The molecule has 1 aliphatic carbocycles. The molecule has 174 valence electrons. The number of methoxy groups -OCH3 is 1. The zero-order valence-corrected chi connectivity index (χ0v) is 19.0. The lowest BCUT2D eigenvalue weighted by molar-refractivity contribution is -0.125. The van der Waals surface area contributed by atoms with Gasteiger partial charge in [-0.2, -0.15) is 5.26 Å². The van der Waals surface area contributed by atoms with Crippen molar-refractivity contribution < 1.29 is 19.1 Å². The first-order valence-corrected chi connectivity index (χ1v) is 11.4. The van der Waals surface area contributed by atoms with Crippen molar-refractivity contribution in [3.05, 3.63) is 28.9 Å². The number of rotatable bonds is 9. The summed E-state index contributed by atoms with van der Waals surface area (Å²) < 4.78 is 5.22. The molecule has 4 N–H and O–H groups in total. The van der Waals surface area contributed by atoms with Crippen LogP contribution in [0.2, 0.25) is 5.02 Å². The molecule has 2 fully saturated rings. The zero-order valence-electron chi connectivity index (χ0n) is 18.2. The van der Waals surface area contributed by atoms with Gasteiger partial charge in [-0.25, -0.2) is 0 Å². The van der Waals surface area contributed by atoms with E-state index < -0.39 is 23.9 Å². The molecular formula is C23H26ClN5O4. The third kappa shape index (κ3) is 5.40. The van der Waals surface area contributed by atoms with Crippen LogP contribution in [0, 0.1) is 23.2 Å². The number of carbonyl (C=O) groups excluding carboxylic acids is 3. The number of ether oxygens (including phenoxy) is 1. The number of nitriles is 1. The highest BCUT2D eigenvalue weighted by molar-refractivity contribution is 6.35. The second kappa shape index (κ2) is 9.71. The average molecular weight is 472 g/mol. The van der Waals surface area contributed by atoms with Crippen molar-refractivity contribution in [2.24, 2.45) is 11.8 Å². The number of nitrogens with one attached hydrogen (secondary N) is 4. The van der Waals surface area contributed by atoms with Crippen LogP contribution in [0.4, 0.5) is 0 Å². The normalized spacial score (nSPS) is 19.4. The highest BCUT2D eigenvalue weighted by atomic mass is 35.5. The highest BCUT2D eigenvalue weighted by Gasteiger charge is 2.33. The van der Waals surface area contributed by atoms with Gasteiger partial charge >= 0.3 is 0 Å². The maximum absolute atomic E-state index is 13.0. The fourth-order valence-corrected chi connectivity index (χ4v) is 4.40. The van der Waals surface area contributed by atoms with E-state index in [-0.39, 0.29) is 23.9 Å². The van der Waals surface area contributed by atoms with Crippen molar-refractivity contribution in [3.8, 4) is 11.8 Å². The van der Waals surface area contributed by atoms with Crippen LogP contribution < -0.4 is 20.7 Å². The van der Waals surface area contributed by atoms with Gasteiger partial charge < -0.3 is 25.7 Å². The van der Waals surface area contributed by atoms with E-state index in [1.165, 1.54) is 7.11 Å². The highest BCUT2D eigenvalue weighted by Crippen LogP contribution is 2.34. The van der Waals surface area contributed by atoms with Crippen molar-refractivity contribution in [3.63, 3.8) is 0 Å². The van der Waals surface area contributed by atoms with E-state index in [9.17, 15) is 19.6 Å². The summed E-state index contributed by atoms with van der Waals surface area (Å²) in [6.45, 7) is 0.580. The van der Waals surface area contributed by atoms with Crippen molar-refractivity contribution in [1.29, 1.82) is 5.26 Å². The van der Waals surface area contributed by atoms with Crippen LogP contribution in [-0.2, 0) is 9.59 Å². The number of aromatic nitrogens is 1. The number of H-pyrrole nitrogens is 1. The Labute approximate surface area is 196 Å². The third-order valence-corrected chi connectivity index (χ3v) is 6.48. The molecule has 0 bridgehead atoms. The number of fused-ring (bicyclic) bond motifs is 1. The number of benzene rings is 1. The molecule has 1 aliphatic heterocycles. The molecule has 1 aromatic carbocycles. The number of hydrogen-bond acceptors (Lipinski definition) is 5. The van der Waals surface area contributed by atoms with Gasteiger partial charge in [0, 0.05) is 23.9 Å². The van der Waals surface area contributed by atoms with Gasteiger partial charge in [0.05, 0.1) is 23.7 Å². The Balaban J connectivity index is 1.45. The van der Waals surface area contributed by atoms with E-state index in [0.29, 0.717) is 47.0 Å². The first-order chi connectivity index (χ1) is 15.9. The maximum atomic E-state index is 13.0. The van der Waals surface area contributed by atoms with Crippen LogP contribution in [0.5, 0.6) is 5.75 Å². The summed E-state index contributed by atoms with van der Waals surface area (Å²) in [6, 6.07) is 5.55. The fourth-order valence-electron chi connectivity index (χ4n) is 4.14. The summed E-state index contributed by atoms with van der Waals surface area (Å²) in [5, 5.41) is 18.9. The summed E-state index contributed by atoms with van der Waals surface area (Å²) in [5.74, 6) is -0.311. The molecule has 1 unspecified atom stereocenters. The van der Waals surface area contributed by atoms with Crippen LogP contribution in [0.3, 0.4) is 0 Å². The summed E-state index contributed by atoms with van der Waals surface area (Å²) in [4.78, 5) is 40.8. The minimum atomic E-state index is -0.802. The largest absolute Gasteiger partial charge is 0.497 e. The van der Waals surface area contributed by atoms with Gasteiger partial charge in [-0.3, -0.25) is 14.4 Å². The molecule has 2 aliphatic rings. The number of amides is 3. The average Bonchev–Trinajstić information content (AvgIpc) is 3.36. The lowest BCUT2D eigenvalue weighted by atomic mass is 9.98. The Hall–Kier alpha value is -3.25. The third-order valence-electron chi connectivity index (χ3n) is 6.18. The summed E-state index contributed by atoms with van der Waals surface area (Å²) in [7, 11) is 1.53. The maximum Gasteiger partial charge on any atom is 0.268 e. The molecule has 33 heavy (non-hydrogen) atoms. The minimum Gasteiger partial charge on any atom is -0.497 e. The molecule has 4 rings (SSSR count). The number of halogens is 1. The zero-order chi connectivity index (χ0) is 23.5. The molecule has 0 spiro atoms. The predicted molar refractivity (Wildman–Crippen MR) is 122 cm³/mol. The summed E-state index contributed by atoms with van der Waals surface area (Å²) in [5.41, 5.74) is 0.874. The molecule has 2 aromatic rings. The first-order valence-electron chi connectivity index (χ1n) is 11.0. The molecule has 1 saturated carbocycles. The Bertz CT molecular complexity index is 1120. The van der Waals surface area contributed by atoms with Crippen molar-refractivity contribution in [2.75, 3.05) is 13.7 Å². The van der Waals surface area contributed by atoms with Gasteiger partial charge in [0.25, 0.3) is 5.91 Å². The number of hydrogen-bond donors (Lipinski definition) is 4. The van der Waals surface area contributed by atoms with Crippen LogP contribution in [-0.4, -0.2) is 48.4 Å². The molecule has 3 amide bonds. The Morgan fingerprint density at radius 2 is 2.03 bits per heavy atom. The fraction of sp³-hybridized carbons (Fsp3) is 0.478. The predicted octanol–water partition coefficient (Wildman–Crippen LogP) is 2.26. The van der Waals surface area contributed by atoms with E-state index in [0.717, 1.165) is 12.8 Å². The topological polar surface area (TPSA) is 136 Å². The lowest BCUT2D eigenvalue weighted by Crippen LogP contribution is -2.50. The van der Waals surface area contributed by atoms with E-state index in [4.69, 9.17) is 16.3 Å². The first kappa shape index (κ1) is 22.9. The molecular weight excluding hydrogens is 446 g/mol. The second-order valence-corrected chi connectivity index (χ2v) is 9.07. The smallest absolute Gasteiger partial charge is 0.268 e. The van der Waals surface area contributed by atoms with E-state index in [2.05, 4.69) is 27.0 Å². The summed E-state index contributed by atoms with van der Waals surface area (Å²) >= 11 is 6.28. The quantitative estimate of drug-likeness (QED) is 0.444.